The number of hydrogen-bond acceptors (Lipinski definition) is 2. The molecule has 0 radical (unpaired) electrons. The number of allylic oxidation sites excluding steroid dienone is 1. The second kappa shape index (κ2) is 2.56. The summed E-state index contributed by atoms with van der Waals surface area (Å²) in [5.41, 5.74) is 2.02. The van der Waals surface area contributed by atoms with Crippen molar-refractivity contribution in [2.75, 3.05) is 0 Å². The Morgan fingerprint density at radius 3 is 2.00 bits per heavy atom. The van der Waals surface area contributed by atoms with Crippen molar-refractivity contribution in [1.29, 1.82) is 0 Å². The van der Waals surface area contributed by atoms with Crippen LogP contribution in [-0.2, 0) is 0 Å². The molecule has 0 saturated heterocycles. The zero-order valence-electron chi connectivity index (χ0n) is 3.77. The van der Waals surface area contributed by atoms with E-state index in [1.54, 1.807) is 0 Å². The first-order chi connectivity index (χ1) is 3.13. The van der Waals surface area contributed by atoms with Crippen LogP contribution in [0.2, 0.25) is 0 Å². The zero-order valence-corrected chi connectivity index (χ0v) is 4.53. The molecule has 0 unspecified atom stereocenters. The lowest BCUT2D eigenvalue weighted by Crippen LogP contribution is -1.68. The van der Waals surface area contributed by atoms with E-state index in [9.17, 15) is 0 Å². The van der Waals surface area contributed by atoms with Crippen molar-refractivity contribution < 1.29 is 10.2 Å². The maximum Gasteiger partial charge on any atom is 0.323 e. The maximum absolute atomic E-state index is 7.98. The summed E-state index contributed by atoms with van der Waals surface area (Å²) in [5.74, 6) is -0.882. The van der Waals surface area contributed by atoms with Crippen LogP contribution in [0.25, 0.3) is 0 Å². The average Bonchev–Trinajstić information content (AvgIpc) is 1.27. The highest BCUT2D eigenvalue weighted by molar-refractivity contribution is 6.29. The van der Waals surface area contributed by atoms with Crippen LogP contribution in [0, 0.1) is 0 Å². The molecule has 0 rings (SSSR count). The Morgan fingerprint density at radius 2 is 2.00 bits per heavy atom. The van der Waals surface area contributed by atoms with Gasteiger partial charge in [0.1, 0.15) is 0 Å². The molecule has 0 spiro atoms. The molecule has 0 saturated carbocycles. The van der Waals surface area contributed by atoms with Crippen molar-refractivity contribution in [3.63, 3.8) is 0 Å². The van der Waals surface area contributed by atoms with Crippen molar-refractivity contribution >= 4 is 11.6 Å². The predicted molar refractivity (Wildman–Crippen MR) is 27.3 cm³/mol. The van der Waals surface area contributed by atoms with Gasteiger partial charge in [0.05, 0.1) is 5.03 Å². The third kappa shape index (κ3) is 5.41. The fourth-order valence-electron chi connectivity index (χ4n) is 0.154. The number of aliphatic hydroxyl groups is 2. The first-order valence-electron chi connectivity index (χ1n) is 1.64. The molecular weight excluding hydrogens is 115 g/mol. The molecule has 0 aromatic heterocycles. The molecule has 0 fully saturated rings. The minimum Gasteiger partial charge on any atom is -0.475 e. The van der Waals surface area contributed by atoms with Gasteiger partial charge < -0.3 is 10.2 Å². The molecular formula is C4H5ClO2. The first kappa shape index (κ1) is 6.41. The largest absolute Gasteiger partial charge is 0.475 e. The van der Waals surface area contributed by atoms with Gasteiger partial charge in [-0.1, -0.05) is 11.6 Å². The van der Waals surface area contributed by atoms with Crippen LogP contribution < -0.4 is 0 Å². The van der Waals surface area contributed by atoms with Gasteiger partial charge in [-0.25, -0.2) is 0 Å². The van der Waals surface area contributed by atoms with Gasteiger partial charge in [-0.05, 0) is 12.7 Å². The highest BCUT2D eigenvalue weighted by Gasteiger charge is 1.76. The van der Waals surface area contributed by atoms with Gasteiger partial charge in [0.25, 0.3) is 0 Å². The van der Waals surface area contributed by atoms with Crippen LogP contribution in [-0.4, -0.2) is 10.2 Å². The van der Waals surface area contributed by atoms with Gasteiger partial charge in [0.15, 0.2) is 0 Å². The Balaban J connectivity index is 4.13. The summed E-state index contributed by atoms with van der Waals surface area (Å²) >= 11 is 5.14. The Bertz CT molecular complexity index is 102. The Morgan fingerprint density at radius 1 is 1.57 bits per heavy atom. The van der Waals surface area contributed by atoms with E-state index >= 15 is 0 Å². The van der Waals surface area contributed by atoms with Crippen LogP contribution in [0.5, 0.6) is 0 Å². The highest BCUT2D eigenvalue weighted by atomic mass is 35.5. The van der Waals surface area contributed by atoms with E-state index in [1.807, 2.05) is 5.73 Å². The molecule has 0 aromatic rings. The lowest BCUT2D eigenvalue weighted by atomic mass is 10.7. The fraction of sp³-hybridized carbons (Fsp3) is 0.250. The van der Waals surface area contributed by atoms with Gasteiger partial charge >= 0.3 is 5.95 Å². The maximum atomic E-state index is 7.98. The van der Waals surface area contributed by atoms with Gasteiger partial charge in [0.2, 0.25) is 0 Å². The van der Waals surface area contributed by atoms with Gasteiger partial charge in [-0.15, -0.1) is 0 Å². The summed E-state index contributed by atoms with van der Waals surface area (Å²) in [5, 5.41) is 16.2. The molecule has 40 valence electrons. The lowest BCUT2D eigenvalue weighted by Gasteiger charge is -1.75. The number of rotatable bonds is 0. The van der Waals surface area contributed by atoms with Crippen molar-refractivity contribution in [2.45, 2.75) is 6.92 Å². The van der Waals surface area contributed by atoms with Crippen molar-refractivity contribution in [1.82, 2.24) is 0 Å². The normalized spacial score (nSPS) is 7.14. The van der Waals surface area contributed by atoms with E-state index in [2.05, 4.69) is 0 Å². The predicted octanol–water partition coefficient (Wildman–Crippen LogP) is 1.69. The van der Waals surface area contributed by atoms with Crippen LogP contribution in [0.3, 0.4) is 0 Å². The van der Waals surface area contributed by atoms with Crippen LogP contribution >= 0.6 is 11.6 Å². The Kier molecular flexibility index (Phi) is 2.34. The van der Waals surface area contributed by atoms with Crippen molar-refractivity contribution in [3.8, 4) is 0 Å². The molecule has 0 amide bonds. The lowest BCUT2D eigenvalue weighted by molar-refractivity contribution is 0.192. The molecule has 0 atom stereocenters. The number of hydrogen-bond donors (Lipinski definition) is 2. The van der Waals surface area contributed by atoms with E-state index in [1.165, 1.54) is 6.92 Å². The first-order valence-corrected chi connectivity index (χ1v) is 2.01. The van der Waals surface area contributed by atoms with Gasteiger partial charge in [-0.3, -0.25) is 0 Å². The minimum absolute atomic E-state index is 0.222. The summed E-state index contributed by atoms with van der Waals surface area (Å²) in [4.78, 5) is 0. The third-order valence-corrected chi connectivity index (χ3v) is 0.379. The van der Waals surface area contributed by atoms with Crippen LogP contribution in [0.15, 0.2) is 16.7 Å². The molecule has 2 N–H and O–H groups in total. The monoisotopic (exact) mass is 120 g/mol. The highest BCUT2D eigenvalue weighted by Crippen LogP contribution is 1.94. The third-order valence-electron chi connectivity index (χ3n) is 0.284. The SMILES string of the molecule is CC(Cl)=C=C(O)O. The van der Waals surface area contributed by atoms with E-state index in [0.717, 1.165) is 0 Å². The second-order valence-corrected chi connectivity index (χ2v) is 1.55. The Labute approximate surface area is 46.3 Å². The fourth-order valence-corrected chi connectivity index (χ4v) is 0.239. The summed E-state index contributed by atoms with van der Waals surface area (Å²) in [6, 6.07) is 0. The van der Waals surface area contributed by atoms with E-state index < -0.39 is 5.95 Å². The molecule has 3 heteroatoms. The van der Waals surface area contributed by atoms with E-state index in [-0.39, 0.29) is 5.03 Å². The van der Waals surface area contributed by atoms with Crippen LogP contribution in [0.4, 0.5) is 0 Å². The second-order valence-electron chi connectivity index (χ2n) is 0.982. The summed E-state index contributed by atoms with van der Waals surface area (Å²) in [6.07, 6.45) is 0. The summed E-state index contributed by atoms with van der Waals surface area (Å²) in [6.45, 7) is 1.49. The smallest absolute Gasteiger partial charge is 0.323 e. The summed E-state index contributed by atoms with van der Waals surface area (Å²) in [7, 11) is 0. The molecule has 0 aliphatic rings. The average molecular weight is 121 g/mol. The summed E-state index contributed by atoms with van der Waals surface area (Å²) < 4.78 is 0. The molecule has 0 aromatic carbocycles. The Hall–Kier alpha value is -0.590. The molecule has 0 bridgehead atoms. The van der Waals surface area contributed by atoms with Crippen molar-refractivity contribution in [3.05, 3.63) is 16.7 Å². The topological polar surface area (TPSA) is 40.5 Å². The standard InChI is InChI=1S/C4H5ClO2/c1-3(5)2-4(6)7/h6-7H,1H3. The number of halogens is 1. The van der Waals surface area contributed by atoms with Crippen LogP contribution in [0.1, 0.15) is 6.92 Å². The molecule has 0 aliphatic heterocycles. The van der Waals surface area contributed by atoms with Gasteiger partial charge in [0, 0.05) is 0 Å². The van der Waals surface area contributed by atoms with E-state index in [4.69, 9.17) is 21.8 Å². The zero-order chi connectivity index (χ0) is 5.86. The molecule has 0 heterocycles. The minimum atomic E-state index is -0.882. The molecule has 2 nitrogen and oxygen atoms in total. The number of aliphatic hydroxyl groups excluding tert-OH is 1. The quantitative estimate of drug-likeness (QED) is 0.377. The molecule has 7 heavy (non-hydrogen) atoms. The van der Waals surface area contributed by atoms with Crippen molar-refractivity contribution in [2.24, 2.45) is 0 Å². The molecule has 0 aliphatic carbocycles. The van der Waals surface area contributed by atoms with E-state index in [0.29, 0.717) is 0 Å². The van der Waals surface area contributed by atoms with Gasteiger partial charge in [-0.2, -0.15) is 0 Å².